The lowest BCUT2D eigenvalue weighted by atomic mass is 10.1. The molecule has 0 saturated heterocycles. The molecular weight excluding hydrogens is 212 g/mol. The summed E-state index contributed by atoms with van der Waals surface area (Å²) in [4.78, 5) is 11.8. The Labute approximate surface area is 101 Å². The number of carbonyl (C=O) groups is 1. The van der Waals surface area contributed by atoms with Gasteiger partial charge in [0.25, 0.3) is 0 Å². The van der Waals surface area contributed by atoms with Gasteiger partial charge in [0.2, 0.25) is 0 Å². The summed E-state index contributed by atoms with van der Waals surface area (Å²) in [5, 5.41) is 0. The number of hydrogen-bond donors (Lipinski definition) is 0. The standard InChI is InChI=1S/C15H14O2/c1-12(13-8-4-2-5-9-13)17-15(16)14-10-6-3-7-11-14/h2-12H,1H3/t12-/m1/s1. The Balaban J connectivity index is 2.05. The third-order valence-electron chi connectivity index (χ3n) is 2.56. The van der Waals surface area contributed by atoms with Crippen molar-refractivity contribution in [1.29, 1.82) is 0 Å². The first kappa shape index (κ1) is 11.4. The van der Waals surface area contributed by atoms with Gasteiger partial charge in [0.15, 0.2) is 0 Å². The monoisotopic (exact) mass is 226 g/mol. The van der Waals surface area contributed by atoms with Crippen LogP contribution in [0.5, 0.6) is 0 Å². The lowest BCUT2D eigenvalue weighted by Crippen LogP contribution is -2.08. The number of ether oxygens (including phenoxy) is 1. The molecule has 2 heteroatoms. The van der Waals surface area contributed by atoms with Gasteiger partial charge in [-0.1, -0.05) is 48.5 Å². The first-order valence-electron chi connectivity index (χ1n) is 5.58. The van der Waals surface area contributed by atoms with Gasteiger partial charge in [0.1, 0.15) is 6.10 Å². The van der Waals surface area contributed by atoms with Gasteiger partial charge in [-0.2, -0.15) is 0 Å². The summed E-state index contributed by atoms with van der Waals surface area (Å²) in [5.74, 6) is -0.290. The molecule has 2 rings (SSSR count). The third-order valence-corrected chi connectivity index (χ3v) is 2.56. The van der Waals surface area contributed by atoms with Crippen molar-refractivity contribution >= 4 is 5.97 Å². The minimum atomic E-state index is -0.290. The number of hydrogen-bond acceptors (Lipinski definition) is 2. The molecular formula is C15H14O2. The van der Waals surface area contributed by atoms with E-state index in [1.54, 1.807) is 12.1 Å². The molecule has 1 atom stereocenters. The van der Waals surface area contributed by atoms with E-state index in [0.29, 0.717) is 5.56 Å². The molecule has 0 aromatic heterocycles. The second-order valence-electron chi connectivity index (χ2n) is 3.82. The molecule has 0 aliphatic rings. The van der Waals surface area contributed by atoms with Gasteiger partial charge in [-0.25, -0.2) is 4.79 Å². The van der Waals surface area contributed by atoms with Crippen molar-refractivity contribution in [3.05, 3.63) is 71.8 Å². The molecule has 0 saturated carbocycles. The minimum Gasteiger partial charge on any atom is -0.454 e. The summed E-state index contributed by atoms with van der Waals surface area (Å²) in [6.07, 6.45) is -0.232. The fourth-order valence-electron chi connectivity index (χ4n) is 1.59. The molecule has 2 nitrogen and oxygen atoms in total. The molecule has 86 valence electrons. The predicted octanol–water partition coefficient (Wildman–Crippen LogP) is 3.60. The van der Waals surface area contributed by atoms with Gasteiger partial charge in [0, 0.05) is 0 Å². The molecule has 0 spiro atoms. The summed E-state index contributed by atoms with van der Waals surface area (Å²) in [5.41, 5.74) is 1.58. The van der Waals surface area contributed by atoms with Gasteiger partial charge in [-0.15, -0.1) is 0 Å². The smallest absolute Gasteiger partial charge is 0.338 e. The predicted molar refractivity (Wildman–Crippen MR) is 66.7 cm³/mol. The molecule has 0 radical (unpaired) electrons. The average molecular weight is 226 g/mol. The van der Waals surface area contributed by atoms with Crippen molar-refractivity contribution in [1.82, 2.24) is 0 Å². The highest BCUT2D eigenvalue weighted by atomic mass is 16.5. The van der Waals surface area contributed by atoms with E-state index in [9.17, 15) is 4.79 Å². The maximum Gasteiger partial charge on any atom is 0.338 e. The van der Waals surface area contributed by atoms with Crippen molar-refractivity contribution in [2.24, 2.45) is 0 Å². The zero-order valence-corrected chi connectivity index (χ0v) is 9.67. The fourth-order valence-corrected chi connectivity index (χ4v) is 1.59. The molecule has 0 heterocycles. The quantitative estimate of drug-likeness (QED) is 0.747. The number of benzene rings is 2. The molecule has 0 aliphatic carbocycles. The summed E-state index contributed by atoms with van der Waals surface area (Å²) in [6.45, 7) is 1.87. The number of carbonyl (C=O) groups excluding carboxylic acids is 1. The summed E-state index contributed by atoms with van der Waals surface area (Å²) < 4.78 is 5.38. The van der Waals surface area contributed by atoms with E-state index in [4.69, 9.17) is 4.74 Å². The molecule has 0 N–H and O–H groups in total. The largest absolute Gasteiger partial charge is 0.454 e. The van der Waals surface area contributed by atoms with Crippen molar-refractivity contribution in [2.75, 3.05) is 0 Å². The Hall–Kier alpha value is -2.09. The highest BCUT2D eigenvalue weighted by molar-refractivity contribution is 5.89. The maximum absolute atomic E-state index is 11.8. The van der Waals surface area contributed by atoms with Gasteiger partial charge in [-0.3, -0.25) is 0 Å². The summed E-state index contributed by atoms with van der Waals surface area (Å²) >= 11 is 0. The second kappa shape index (κ2) is 5.30. The van der Waals surface area contributed by atoms with E-state index in [-0.39, 0.29) is 12.1 Å². The van der Waals surface area contributed by atoms with Gasteiger partial charge in [-0.05, 0) is 24.6 Å². The topological polar surface area (TPSA) is 26.3 Å². The van der Waals surface area contributed by atoms with Gasteiger partial charge >= 0.3 is 5.97 Å². The lowest BCUT2D eigenvalue weighted by Gasteiger charge is -2.13. The zero-order valence-electron chi connectivity index (χ0n) is 9.67. The van der Waals surface area contributed by atoms with E-state index in [1.807, 2.05) is 55.5 Å². The third kappa shape index (κ3) is 2.94. The Kier molecular flexibility index (Phi) is 3.55. The van der Waals surface area contributed by atoms with Crippen LogP contribution in [0.3, 0.4) is 0 Å². The zero-order chi connectivity index (χ0) is 12.1. The van der Waals surface area contributed by atoms with Crippen LogP contribution in [0.1, 0.15) is 28.9 Å². The van der Waals surface area contributed by atoms with Crippen LogP contribution in [0.25, 0.3) is 0 Å². The molecule has 17 heavy (non-hydrogen) atoms. The lowest BCUT2D eigenvalue weighted by molar-refractivity contribution is 0.0338. The first-order valence-corrected chi connectivity index (χ1v) is 5.58. The number of esters is 1. The van der Waals surface area contributed by atoms with Crippen LogP contribution in [0, 0.1) is 0 Å². The summed E-state index contributed by atoms with van der Waals surface area (Å²) in [7, 11) is 0. The van der Waals surface area contributed by atoms with E-state index >= 15 is 0 Å². The molecule has 2 aromatic carbocycles. The Morgan fingerprint density at radius 3 is 2.06 bits per heavy atom. The SMILES string of the molecule is C[C@@H](OC(=O)c1ccccc1)c1ccccc1. The normalized spacial score (nSPS) is 11.8. The maximum atomic E-state index is 11.8. The van der Waals surface area contributed by atoms with Crippen molar-refractivity contribution in [2.45, 2.75) is 13.0 Å². The molecule has 0 amide bonds. The molecule has 2 aromatic rings. The highest BCUT2D eigenvalue weighted by Crippen LogP contribution is 2.17. The highest BCUT2D eigenvalue weighted by Gasteiger charge is 2.12. The van der Waals surface area contributed by atoms with E-state index in [0.717, 1.165) is 5.56 Å². The minimum absolute atomic E-state index is 0.232. The van der Waals surface area contributed by atoms with Crippen LogP contribution in [-0.2, 0) is 4.74 Å². The van der Waals surface area contributed by atoms with Crippen LogP contribution in [0.2, 0.25) is 0 Å². The van der Waals surface area contributed by atoms with Crippen LogP contribution in [0.15, 0.2) is 60.7 Å². The first-order chi connectivity index (χ1) is 8.27. The molecule has 0 aliphatic heterocycles. The number of rotatable bonds is 3. The van der Waals surface area contributed by atoms with Crippen molar-refractivity contribution in [3.63, 3.8) is 0 Å². The second-order valence-corrected chi connectivity index (χ2v) is 3.82. The van der Waals surface area contributed by atoms with E-state index in [2.05, 4.69) is 0 Å². The van der Waals surface area contributed by atoms with Crippen molar-refractivity contribution < 1.29 is 9.53 Å². The fraction of sp³-hybridized carbons (Fsp3) is 0.133. The van der Waals surface area contributed by atoms with Crippen LogP contribution >= 0.6 is 0 Å². The van der Waals surface area contributed by atoms with Crippen LogP contribution in [0.4, 0.5) is 0 Å². The Morgan fingerprint density at radius 1 is 0.941 bits per heavy atom. The average Bonchev–Trinajstić information content (AvgIpc) is 2.40. The van der Waals surface area contributed by atoms with Gasteiger partial charge in [0.05, 0.1) is 5.56 Å². The Morgan fingerprint density at radius 2 is 1.47 bits per heavy atom. The summed E-state index contributed by atoms with van der Waals surface area (Å²) in [6, 6.07) is 18.7. The molecule has 0 bridgehead atoms. The van der Waals surface area contributed by atoms with E-state index in [1.165, 1.54) is 0 Å². The van der Waals surface area contributed by atoms with E-state index < -0.39 is 0 Å². The molecule has 0 unspecified atom stereocenters. The Bertz CT molecular complexity index is 477. The van der Waals surface area contributed by atoms with Crippen molar-refractivity contribution in [3.8, 4) is 0 Å². The van der Waals surface area contributed by atoms with Crippen LogP contribution in [-0.4, -0.2) is 5.97 Å². The van der Waals surface area contributed by atoms with Crippen LogP contribution < -0.4 is 0 Å². The van der Waals surface area contributed by atoms with Gasteiger partial charge < -0.3 is 4.74 Å². The molecule has 0 fully saturated rings.